The van der Waals surface area contributed by atoms with E-state index in [1.807, 2.05) is 19.2 Å². The number of piperazine rings is 1. The first kappa shape index (κ1) is 17.5. The van der Waals surface area contributed by atoms with Crippen molar-refractivity contribution in [3.63, 3.8) is 0 Å². The zero-order chi connectivity index (χ0) is 17.0. The molecule has 6 heteroatoms. The molecule has 0 bridgehead atoms. The Morgan fingerprint density at radius 2 is 1.88 bits per heavy atom. The van der Waals surface area contributed by atoms with Crippen molar-refractivity contribution in [2.75, 3.05) is 53.0 Å². The van der Waals surface area contributed by atoms with E-state index in [2.05, 4.69) is 39.2 Å². The second-order valence-electron chi connectivity index (χ2n) is 7.09. The summed E-state index contributed by atoms with van der Waals surface area (Å²) in [6.07, 6.45) is 0. The molecule has 0 aliphatic carbocycles. The predicted octanol–water partition coefficient (Wildman–Crippen LogP) is 2.07. The third-order valence-electron chi connectivity index (χ3n) is 4.78. The number of rotatable bonds is 4. The van der Waals surface area contributed by atoms with Crippen molar-refractivity contribution in [2.24, 2.45) is 10.4 Å². The zero-order valence-corrected chi connectivity index (χ0v) is 15.4. The molecule has 24 heavy (non-hydrogen) atoms. The quantitative estimate of drug-likeness (QED) is 0.666. The number of aliphatic imine (C=N–C) groups is 1. The molecule has 2 aliphatic rings. The van der Waals surface area contributed by atoms with Gasteiger partial charge in [-0.05, 0) is 17.7 Å². The molecule has 1 aromatic carbocycles. The van der Waals surface area contributed by atoms with Crippen molar-refractivity contribution >= 4 is 17.6 Å². The van der Waals surface area contributed by atoms with E-state index < -0.39 is 0 Å². The van der Waals surface area contributed by atoms with Crippen molar-refractivity contribution in [1.82, 2.24) is 15.1 Å². The van der Waals surface area contributed by atoms with Crippen LogP contribution in [0.4, 0.5) is 0 Å². The van der Waals surface area contributed by atoms with Crippen LogP contribution in [-0.4, -0.2) is 68.7 Å². The summed E-state index contributed by atoms with van der Waals surface area (Å²) < 4.78 is 5.32. The molecule has 3 rings (SSSR count). The SMILES string of the molecule is CN=C(NCC1(C)COC1)N1CCN(Cc2ccc(Cl)cc2)CC1. The molecule has 0 atom stereocenters. The highest BCUT2D eigenvalue weighted by Crippen LogP contribution is 2.25. The molecule has 0 spiro atoms. The van der Waals surface area contributed by atoms with E-state index in [9.17, 15) is 0 Å². The Labute approximate surface area is 149 Å². The van der Waals surface area contributed by atoms with Gasteiger partial charge in [0.05, 0.1) is 13.2 Å². The third kappa shape index (κ3) is 4.41. The zero-order valence-electron chi connectivity index (χ0n) is 14.6. The summed E-state index contributed by atoms with van der Waals surface area (Å²) in [6.45, 7) is 9.92. The van der Waals surface area contributed by atoms with Gasteiger partial charge in [-0.2, -0.15) is 0 Å². The summed E-state index contributed by atoms with van der Waals surface area (Å²) in [5, 5.41) is 4.31. The van der Waals surface area contributed by atoms with Crippen molar-refractivity contribution in [1.29, 1.82) is 0 Å². The van der Waals surface area contributed by atoms with Gasteiger partial charge in [-0.3, -0.25) is 9.89 Å². The highest BCUT2D eigenvalue weighted by Gasteiger charge is 2.33. The summed E-state index contributed by atoms with van der Waals surface area (Å²) in [7, 11) is 1.86. The number of guanidine groups is 1. The number of nitrogens with one attached hydrogen (secondary N) is 1. The van der Waals surface area contributed by atoms with Gasteiger partial charge >= 0.3 is 0 Å². The van der Waals surface area contributed by atoms with Crippen LogP contribution in [-0.2, 0) is 11.3 Å². The van der Waals surface area contributed by atoms with Gasteiger partial charge in [-0.25, -0.2) is 0 Å². The molecule has 5 nitrogen and oxygen atoms in total. The fraction of sp³-hybridized carbons (Fsp3) is 0.611. The molecule has 2 saturated heterocycles. The van der Waals surface area contributed by atoms with E-state index >= 15 is 0 Å². The van der Waals surface area contributed by atoms with Gasteiger partial charge in [-0.1, -0.05) is 30.7 Å². The minimum atomic E-state index is 0.256. The Hall–Kier alpha value is -1.30. The van der Waals surface area contributed by atoms with E-state index in [1.165, 1.54) is 5.56 Å². The summed E-state index contributed by atoms with van der Waals surface area (Å²) in [4.78, 5) is 9.28. The first-order valence-electron chi connectivity index (χ1n) is 8.58. The number of halogens is 1. The van der Waals surface area contributed by atoms with Crippen LogP contribution in [0.3, 0.4) is 0 Å². The Bertz CT molecular complexity index is 563. The lowest BCUT2D eigenvalue weighted by atomic mass is 9.89. The lowest BCUT2D eigenvalue weighted by Gasteiger charge is -2.41. The molecule has 0 unspecified atom stereocenters. The van der Waals surface area contributed by atoms with Gasteiger partial charge in [0.25, 0.3) is 0 Å². The van der Waals surface area contributed by atoms with E-state index in [-0.39, 0.29) is 5.41 Å². The molecule has 0 amide bonds. The first-order valence-corrected chi connectivity index (χ1v) is 8.96. The summed E-state index contributed by atoms with van der Waals surface area (Å²) >= 11 is 5.95. The highest BCUT2D eigenvalue weighted by atomic mass is 35.5. The second-order valence-corrected chi connectivity index (χ2v) is 7.53. The van der Waals surface area contributed by atoms with Gasteiger partial charge < -0.3 is 15.0 Å². The standard InChI is InChI=1S/C18H27ClN4O/c1-18(13-24-14-18)12-21-17(20-2)23-9-7-22(8-10-23)11-15-3-5-16(19)6-4-15/h3-6H,7-14H2,1-2H3,(H,20,21). The summed E-state index contributed by atoms with van der Waals surface area (Å²) in [5.74, 6) is 1.01. The molecule has 0 saturated carbocycles. The Kier molecular flexibility index (Phi) is 5.64. The number of ether oxygens (including phenoxy) is 1. The van der Waals surface area contributed by atoms with E-state index in [1.54, 1.807) is 0 Å². The van der Waals surface area contributed by atoms with Crippen molar-refractivity contribution in [2.45, 2.75) is 13.5 Å². The smallest absolute Gasteiger partial charge is 0.193 e. The Morgan fingerprint density at radius 1 is 1.21 bits per heavy atom. The van der Waals surface area contributed by atoms with Crippen molar-refractivity contribution in [3.05, 3.63) is 34.9 Å². The molecular weight excluding hydrogens is 324 g/mol. The molecule has 132 valence electrons. The van der Waals surface area contributed by atoms with Crippen LogP contribution in [0.1, 0.15) is 12.5 Å². The molecular formula is C18H27ClN4O. The Morgan fingerprint density at radius 3 is 2.42 bits per heavy atom. The normalized spacial score (nSPS) is 21.5. The fourth-order valence-electron chi connectivity index (χ4n) is 3.14. The van der Waals surface area contributed by atoms with Crippen LogP contribution in [0.2, 0.25) is 5.02 Å². The summed E-state index contributed by atoms with van der Waals surface area (Å²) in [5.41, 5.74) is 1.57. The molecule has 0 aromatic heterocycles. The van der Waals surface area contributed by atoms with Crippen LogP contribution in [0.5, 0.6) is 0 Å². The van der Waals surface area contributed by atoms with Gasteiger partial charge in [0.15, 0.2) is 5.96 Å². The maximum atomic E-state index is 5.95. The lowest BCUT2D eigenvalue weighted by molar-refractivity contribution is -0.0973. The van der Waals surface area contributed by atoms with Gasteiger partial charge in [0.2, 0.25) is 0 Å². The number of hydrogen-bond donors (Lipinski definition) is 1. The van der Waals surface area contributed by atoms with Crippen LogP contribution < -0.4 is 5.32 Å². The predicted molar refractivity (Wildman–Crippen MR) is 98.6 cm³/mol. The average molecular weight is 351 g/mol. The number of nitrogens with zero attached hydrogens (tertiary/aromatic N) is 3. The lowest BCUT2D eigenvalue weighted by Crippen LogP contribution is -2.55. The minimum Gasteiger partial charge on any atom is -0.380 e. The van der Waals surface area contributed by atoms with Crippen molar-refractivity contribution < 1.29 is 4.74 Å². The number of benzene rings is 1. The van der Waals surface area contributed by atoms with Crippen LogP contribution >= 0.6 is 11.6 Å². The number of hydrogen-bond acceptors (Lipinski definition) is 3. The van der Waals surface area contributed by atoms with Crippen LogP contribution in [0.15, 0.2) is 29.3 Å². The summed E-state index contributed by atoms with van der Waals surface area (Å²) in [6, 6.07) is 8.14. The Balaban J connectivity index is 1.45. The molecule has 2 fully saturated rings. The van der Waals surface area contributed by atoms with Crippen LogP contribution in [0.25, 0.3) is 0 Å². The molecule has 1 N–H and O–H groups in total. The van der Waals surface area contributed by atoms with Gasteiger partial charge in [0, 0.05) is 56.8 Å². The van der Waals surface area contributed by atoms with E-state index in [0.29, 0.717) is 0 Å². The topological polar surface area (TPSA) is 40.1 Å². The van der Waals surface area contributed by atoms with E-state index in [4.69, 9.17) is 16.3 Å². The molecule has 2 heterocycles. The van der Waals surface area contributed by atoms with Crippen LogP contribution in [0, 0.1) is 5.41 Å². The van der Waals surface area contributed by atoms with Gasteiger partial charge in [-0.15, -0.1) is 0 Å². The monoisotopic (exact) mass is 350 g/mol. The van der Waals surface area contributed by atoms with E-state index in [0.717, 1.165) is 63.5 Å². The fourth-order valence-corrected chi connectivity index (χ4v) is 3.27. The highest BCUT2D eigenvalue weighted by molar-refractivity contribution is 6.30. The molecule has 1 aromatic rings. The maximum Gasteiger partial charge on any atom is 0.193 e. The third-order valence-corrected chi connectivity index (χ3v) is 5.03. The largest absolute Gasteiger partial charge is 0.380 e. The maximum absolute atomic E-state index is 5.95. The average Bonchev–Trinajstić information content (AvgIpc) is 2.57. The second kappa shape index (κ2) is 7.72. The van der Waals surface area contributed by atoms with Crippen molar-refractivity contribution in [3.8, 4) is 0 Å². The first-order chi connectivity index (χ1) is 11.6. The minimum absolute atomic E-state index is 0.256. The molecule has 0 radical (unpaired) electrons. The van der Waals surface area contributed by atoms with Gasteiger partial charge in [0.1, 0.15) is 0 Å². The molecule has 2 aliphatic heterocycles.